The summed E-state index contributed by atoms with van der Waals surface area (Å²) in [5.74, 6) is -0.467. The van der Waals surface area contributed by atoms with Gasteiger partial charge in [-0.15, -0.1) is 0 Å². The number of likely N-dealkylation sites (tertiary alicyclic amines) is 1. The molecule has 1 heterocycles. The van der Waals surface area contributed by atoms with Crippen molar-refractivity contribution >= 4 is 17.5 Å². The Morgan fingerprint density at radius 1 is 1.35 bits per heavy atom. The monoisotopic (exact) mass is 274 g/mol. The molecule has 0 aliphatic carbocycles. The highest BCUT2D eigenvalue weighted by Crippen LogP contribution is 2.18. The van der Waals surface area contributed by atoms with Crippen molar-refractivity contribution < 1.29 is 9.59 Å². The molecule has 0 bridgehead atoms. The van der Waals surface area contributed by atoms with Crippen molar-refractivity contribution in [2.45, 2.75) is 33.1 Å². The molecule has 1 aromatic carbocycles. The van der Waals surface area contributed by atoms with E-state index in [1.54, 1.807) is 4.90 Å². The summed E-state index contributed by atoms with van der Waals surface area (Å²) < 4.78 is 0. The van der Waals surface area contributed by atoms with Gasteiger partial charge in [0, 0.05) is 18.8 Å². The number of piperidine rings is 1. The molecule has 1 N–H and O–H groups in total. The van der Waals surface area contributed by atoms with Crippen LogP contribution in [0.25, 0.3) is 0 Å². The zero-order chi connectivity index (χ0) is 14.5. The first-order valence-electron chi connectivity index (χ1n) is 7.30. The minimum atomic E-state index is -0.528. The van der Waals surface area contributed by atoms with Gasteiger partial charge in [-0.25, -0.2) is 0 Å². The summed E-state index contributed by atoms with van der Waals surface area (Å²) in [6, 6.07) is 7.59. The molecule has 0 saturated carbocycles. The fourth-order valence-electron chi connectivity index (χ4n) is 2.64. The Hall–Kier alpha value is -1.84. The van der Waals surface area contributed by atoms with Gasteiger partial charge in [0.25, 0.3) is 0 Å². The van der Waals surface area contributed by atoms with E-state index in [1.165, 1.54) is 0 Å². The Labute approximate surface area is 120 Å². The number of nitrogens with one attached hydrogen (secondary N) is 1. The Kier molecular flexibility index (Phi) is 4.77. The van der Waals surface area contributed by atoms with Crippen LogP contribution in [0.4, 0.5) is 5.69 Å². The number of para-hydroxylation sites is 1. The van der Waals surface area contributed by atoms with Crippen molar-refractivity contribution in [1.82, 2.24) is 4.90 Å². The number of nitrogens with zero attached hydrogens (tertiary/aromatic N) is 1. The summed E-state index contributed by atoms with van der Waals surface area (Å²) >= 11 is 0. The molecule has 2 rings (SSSR count). The average molecular weight is 274 g/mol. The Morgan fingerprint density at radius 3 is 2.80 bits per heavy atom. The molecule has 1 aliphatic heterocycles. The highest BCUT2D eigenvalue weighted by molar-refractivity contribution is 6.39. The SMILES string of the molecule is CCc1ccccc1NC(=O)C(=O)N1CCCC(C)C1. The molecule has 4 heteroatoms. The molecule has 2 amide bonds. The largest absolute Gasteiger partial charge is 0.334 e. The smallest absolute Gasteiger partial charge is 0.313 e. The van der Waals surface area contributed by atoms with Gasteiger partial charge in [0.2, 0.25) is 0 Å². The maximum absolute atomic E-state index is 12.2. The van der Waals surface area contributed by atoms with Gasteiger partial charge in [-0.3, -0.25) is 9.59 Å². The van der Waals surface area contributed by atoms with Gasteiger partial charge in [-0.05, 0) is 36.8 Å². The van der Waals surface area contributed by atoms with E-state index in [-0.39, 0.29) is 0 Å². The lowest BCUT2D eigenvalue weighted by Gasteiger charge is -2.30. The van der Waals surface area contributed by atoms with Crippen LogP contribution in [0.2, 0.25) is 0 Å². The lowest BCUT2D eigenvalue weighted by Crippen LogP contribution is -2.44. The predicted octanol–water partition coefficient (Wildman–Crippen LogP) is 2.45. The van der Waals surface area contributed by atoms with Crippen molar-refractivity contribution in [3.63, 3.8) is 0 Å². The first-order chi connectivity index (χ1) is 9.61. The molecule has 1 atom stereocenters. The molecule has 0 radical (unpaired) electrons. The third-order valence-corrected chi connectivity index (χ3v) is 3.78. The Balaban J connectivity index is 2.02. The molecule has 1 saturated heterocycles. The molecular weight excluding hydrogens is 252 g/mol. The highest BCUT2D eigenvalue weighted by atomic mass is 16.2. The first-order valence-corrected chi connectivity index (χ1v) is 7.30. The van der Waals surface area contributed by atoms with Crippen molar-refractivity contribution in [3.05, 3.63) is 29.8 Å². The Morgan fingerprint density at radius 2 is 2.10 bits per heavy atom. The first kappa shape index (κ1) is 14.6. The van der Waals surface area contributed by atoms with E-state index in [1.807, 2.05) is 31.2 Å². The van der Waals surface area contributed by atoms with E-state index < -0.39 is 11.8 Å². The fraction of sp³-hybridized carbons (Fsp3) is 0.500. The third kappa shape index (κ3) is 3.38. The van der Waals surface area contributed by atoms with Gasteiger partial charge >= 0.3 is 11.8 Å². The highest BCUT2D eigenvalue weighted by Gasteiger charge is 2.26. The Bertz CT molecular complexity index is 499. The summed E-state index contributed by atoms with van der Waals surface area (Å²) in [6.07, 6.45) is 2.93. The number of carbonyl (C=O) groups is 2. The van der Waals surface area contributed by atoms with Crippen LogP contribution in [0.1, 0.15) is 32.3 Å². The van der Waals surface area contributed by atoms with Gasteiger partial charge in [-0.1, -0.05) is 32.0 Å². The van der Waals surface area contributed by atoms with Crippen LogP contribution in [0.5, 0.6) is 0 Å². The topological polar surface area (TPSA) is 49.4 Å². The van der Waals surface area contributed by atoms with Crippen molar-refractivity contribution in [2.75, 3.05) is 18.4 Å². The number of hydrogen-bond donors (Lipinski definition) is 1. The number of aryl methyl sites for hydroxylation is 1. The average Bonchev–Trinajstić information content (AvgIpc) is 2.47. The number of rotatable bonds is 2. The van der Waals surface area contributed by atoms with E-state index in [0.29, 0.717) is 19.0 Å². The van der Waals surface area contributed by atoms with Gasteiger partial charge in [0.15, 0.2) is 0 Å². The van der Waals surface area contributed by atoms with Crippen LogP contribution < -0.4 is 5.32 Å². The van der Waals surface area contributed by atoms with E-state index in [0.717, 1.165) is 30.5 Å². The zero-order valence-electron chi connectivity index (χ0n) is 12.2. The molecule has 0 spiro atoms. The molecule has 1 fully saturated rings. The number of anilines is 1. The minimum absolute atomic E-state index is 0.414. The van der Waals surface area contributed by atoms with Crippen molar-refractivity contribution in [3.8, 4) is 0 Å². The molecule has 108 valence electrons. The second-order valence-electron chi connectivity index (χ2n) is 5.46. The molecule has 1 aliphatic rings. The predicted molar refractivity (Wildman–Crippen MR) is 79.4 cm³/mol. The van der Waals surface area contributed by atoms with Crippen LogP contribution >= 0.6 is 0 Å². The molecule has 0 aromatic heterocycles. The molecular formula is C16H22N2O2. The quantitative estimate of drug-likeness (QED) is 0.842. The van der Waals surface area contributed by atoms with Crippen LogP contribution in [-0.4, -0.2) is 29.8 Å². The van der Waals surface area contributed by atoms with Crippen molar-refractivity contribution in [1.29, 1.82) is 0 Å². The van der Waals surface area contributed by atoms with Crippen LogP contribution in [0, 0.1) is 5.92 Å². The second kappa shape index (κ2) is 6.55. The number of amides is 2. The summed E-state index contributed by atoms with van der Waals surface area (Å²) in [7, 11) is 0. The lowest BCUT2D eigenvalue weighted by molar-refractivity contribution is -0.144. The number of benzene rings is 1. The maximum atomic E-state index is 12.2. The third-order valence-electron chi connectivity index (χ3n) is 3.78. The van der Waals surface area contributed by atoms with Gasteiger partial charge in [-0.2, -0.15) is 0 Å². The normalized spacial score (nSPS) is 18.7. The van der Waals surface area contributed by atoms with Crippen LogP contribution in [0.15, 0.2) is 24.3 Å². The van der Waals surface area contributed by atoms with Crippen molar-refractivity contribution in [2.24, 2.45) is 5.92 Å². The molecule has 4 nitrogen and oxygen atoms in total. The molecule has 1 aromatic rings. The van der Waals surface area contributed by atoms with E-state index in [2.05, 4.69) is 12.2 Å². The van der Waals surface area contributed by atoms with Crippen LogP contribution in [0.3, 0.4) is 0 Å². The fourth-order valence-corrected chi connectivity index (χ4v) is 2.64. The zero-order valence-corrected chi connectivity index (χ0v) is 12.2. The number of hydrogen-bond acceptors (Lipinski definition) is 2. The second-order valence-corrected chi connectivity index (χ2v) is 5.46. The summed E-state index contributed by atoms with van der Waals surface area (Å²) in [5, 5.41) is 2.74. The van der Waals surface area contributed by atoms with E-state index in [4.69, 9.17) is 0 Å². The molecule has 20 heavy (non-hydrogen) atoms. The van der Waals surface area contributed by atoms with Gasteiger partial charge < -0.3 is 10.2 Å². The summed E-state index contributed by atoms with van der Waals surface area (Å²) in [6.45, 7) is 5.51. The van der Waals surface area contributed by atoms with Gasteiger partial charge in [0.1, 0.15) is 0 Å². The number of carbonyl (C=O) groups excluding carboxylic acids is 2. The minimum Gasteiger partial charge on any atom is -0.334 e. The maximum Gasteiger partial charge on any atom is 0.313 e. The lowest BCUT2D eigenvalue weighted by atomic mass is 10.0. The van der Waals surface area contributed by atoms with E-state index >= 15 is 0 Å². The molecule has 1 unspecified atom stereocenters. The summed E-state index contributed by atoms with van der Waals surface area (Å²) in [4.78, 5) is 25.9. The standard InChI is InChI=1S/C16H22N2O2/c1-3-13-8-4-5-9-14(13)17-15(19)16(20)18-10-6-7-12(2)11-18/h4-5,8-9,12H,3,6-7,10-11H2,1-2H3,(H,17,19). The van der Waals surface area contributed by atoms with Gasteiger partial charge in [0.05, 0.1) is 0 Å². The van der Waals surface area contributed by atoms with E-state index in [9.17, 15) is 9.59 Å². The van der Waals surface area contributed by atoms with Crippen LogP contribution in [-0.2, 0) is 16.0 Å². The summed E-state index contributed by atoms with van der Waals surface area (Å²) in [5.41, 5.74) is 1.78.